The maximum Gasteiger partial charge on any atom is 0.154 e. The lowest BCUT2D eigenvalue weighted by molar-refractivity contribution is -0.149. The van der Waals surface area contributed by atoms with E-state index >= 15 is 0 Å². The summed E-state index contributed by atoms with van der Waals surface area (Å²) >= 11 is 6.09. The van der Waals surface area contributed by atoms with Crippen LogP contribution in [0.3, 0.4) is 0 Å². The third-order valence-corrected chi connectivity index (χ3v) is 7.03. The molecule has 2 atom stereocenters. The summed E-state index contributed by atoms with van der Waals surface area (Å²) in [5, 5.41) is 31.5. The predicted molar refractivity (Wildman–Crippen MR) is 114 cm³/mol. The molecule has 2 rings (SSSR count). The van der Waals surface area contributed by atoms with E-state index in [1.807, 2.05) is 26.8 Å². The molecule has 0 aliphatic heterocycles. The van der Waals surface area contributed by atoms with E-state index in [4.69, 9.17) is 11.6 Å². The maximum absolute atomic E-state index is 12.3. The Labute approximate surface area is 177 Å². The van der Waals surface area contributed by atoms with Gasteiger partial charge in [0.1, 0.15) is 17.3 Å². The molecule has 0 radical (unpaired) electrons. The van der Waals surface area contributed by atoms with Crippen LogP contribution < -0.4 is 0 Å². The molecule has 29 heavy (non-hydrogen) atoms. The van der Waals surface area contributed by atoms with Gasteiger partial charge in [0.2, 0.25) is 0 Å². The summed E-state index contributed by atoms with van der Waals surface area (Å²) in [5.74, 6) is -0.457. The second-order valence-corrected chi connectivity index (χ2v) is 9.37. The van der Waals surface area contributed by atoms with E-state index in [1.165, 1.54) is 0 Å². The van der Waals surface area contributed by atoms with Crippen molar-refractivity contribution in [1.82, 2.24) is 0 Å². The van der Waals surface area contributed by atoms with Crippen LogP contribution in [0.4, 0.5) is 0 Å². The first kappa shape index (κ1) is 23.4. The molecule has 0 aromatic heterocycles. The Kier molecular flexibility index (Phi) is 6.86. The van der Waals surface area contributed by atoms with Gasteiger partial charge >= 0.3 is 0 Å². The van der Waals surface area contributed by atoms with Gasteiger partial charge < -0.3 is 15.3 Å². The minimum absolute atomic E-state index is 0.0597. The summed E-state index contributed by atoms with van der Waals surface area (Å²) in [7, 11) is 0. The minimum atomic E-state index is -0.891. The van der Waals surface area contributed by atoms with Crippen LogP contribution in [0.25, 0.3) is 0 Å². The van der Waals surface area contributed by atoms with Crippen molar-refractivity contribution >= 4 is 23.7 Å². The first-order valence-corrected chi connectivity index (χ1v) is 10.3. The zero-order valence-electron chi connectivity index (χ0n) is 17.8. The molecule has 1 aromatic rings. The van der Waals surface area contributed by atoms with E-state index in [2.05, 4.69) is 0 Å². The molecular formula is C23H31ClO5. The van der Waals surface area contributed by atoms with Crippen LogP contribution in [0.15, 0.2) is 11.6 Å². The van der Waals surface area contributed by atoms with Gasteiger partial charge in [0.15, 0.2) is 6.29 Å². The van der Waals surface area contributed by atoms with Crippen LogP contribution in [0, 0.1) is 18.3 Å². The number of carbonyl (C=O) groups is 2. The molecule has 1 aromatic carbocycles. The number of hydrogen-bond acceptors (Lipinski definition) is 5. The Balaban J connectivity index is 2.19. The molecular weight excluding hydrogens is 392 g/mol. The minimum Gasteiger partial charge on any atom is -0.507 e. The molecule has 0 saturated heterocycles. The second-order valence-electron chi connectivity index (χ2n) is 8.99. The Bertz CT molecular complexity index is 852. The number of carbonyl (C=O) groups excluding carboxylic acids is 2. The van der Waals surface area contributed by atoms with E-state index < -0.39 is 11.0 Å². The zero-order chi connectivity index (χ0) is 22.1. The Morgan fingerprint density at radius 2 is 1.86 bits per heavy atom. The van der Waals surface area contributed by atoms with E-state index in [0.717, 1.165) is 5.57 Å². The number of aromatic hydroxyl groups is 2. The fourth-order valence-electron chi connectivity index (χ4n) is 4.48. The quantitative estimate of drug-likeness (QED) is 0.447. The van der Waals surface area contributed by atoms with Crippen molar-refractivity contribution in [2.45, 2.75) is 72.3 Å². The van der Waals surface area contributed by atoms with Crippen molar-refractivity contribution in [3.63, 3.8) is 0 Å². The zero-order valence-corrected chi connectivity index (χ0v) is 18.6. The van der Waals surface area contributed by atoms with Gasteiger partial charge in [-0.1, -0.05) is 37.1 Å². The number of phenolic OH excluding ortho intramolecular Hbond substituents is 2. The highest BCUT2D eigenvalue weighted by atomic mass is 35.5. The highest BCUT2D eigenvalue weighted by molar-refractivity contribution is 6.33. The molecule has 6 heteroatoms. The molecule has 0 bridgehead atoms. The Morgan fingerprint density at radius 1 is 1.24 bits per heavy atom. The van der Waals surface area contributed by atoms with Crippen LogP contribution in [-0.2, 0) is 11.2 Å². The second kappa shape index (κ2) is 8.49. The molecule has 0 heterocycles. The van der Waals surface area contributed by atoms with Crippen molar-refractivity contribution in [2.75, 3.05) is 0 Å². The van der Waals surface area contributed by atoms with Crippen LogP contribution >= 0.6 is 11.6 Å². The number of halogens is 1. The van der Waals surface area contributed by atoms with E-state index in [9.17, 15) is 24.9 Å². The molecule has 0 amide bonds. The van der Waals surface area contributed by atoms with Gasteiger partial charge in [-0.05, 0) is 57.9 Å². The summed E-state index contributed by atoms with van der Waals surface area (Å²) in [6, 6.07) is 0. The SMILES string of the molecule is C/C(=C\Cc1c(O)c(Cl)c(C)c(C=O)c1O)CC[C@H]1C(C)(C)C(=O)CC[C@@]1(C)O. The van der Waals surface area contributed by atoms with Crippen molar-refractivity contribution in [3.8, 4) is 11.5 Å². The number of rotatable bonds is 6. The average molecular weight is 423 g/mol. The highest BCUT2D eigenvalue weighted by Gasteiger charge is 2.49. The van der Waals surface area contributed by atoms with Crippen LogP contribution in [0.2, 0.25) is 5.02 Å². The number of benzene rings is 1. The van der Waals surface area contributed by atoms with E-state index in [0.29, 0.717) is 37.5 Å². The largest absolute Gasteiger partial charge is 0.507 e. The lowest BCUT2D eigenvalue weighted by atomic mass is 9.59. The van der Waals surface area contributed by atoms with E-state index in [1.54, 1.807) is 13.8 Å². The number of aldehydes is 1. The van der Waals surface area contributed by atoms with Gasteiger partial charge in [0, 0.05) is 17.4 Å². The van der Waals surface area contributed by atoms with Crippen molar-refractivity contribution in [3.05, 3.63) is 33.4 Å². The molecule has 5 nitrogen and oxygen atoms in total. The topological polar surface area (TPSA) is 94.8 Å². The van der Waals surface area contributed by atoms with Crippen molar-refractivity contribution in [2.24, 2.45) is 11.3 Å². The van der Waals surface area contributed by atoms with Gasteiger partial charge in [0.05, 0.1) is 16.2 Å². The maximum atomic E-state index is 12.3. The molecule has 3 N–H and O–H groups in total. The normalized spacial score (nSPS) is 24.6. The van der Waals surface area contributed by atoms with E-state index in [-0.39, 0.29) is 45.8 Å². The number of ketones is 1. The lowest BCUT2D eigenvalue weighted by Gasteiger charge is -2.47. The van der Waals surface area contributed by atoms with Gasteiger partial charge in [-0.3, -0.25) is 9.59 Å². The Morgan fingerprint density at radius 3 is 2.45 bits per heavy atom. The average Bonchev–Trinajstić information content (AvgIpc) is 2.63. The van der Waals surface area contributed by atoms with Gasteiger partial charge in [-0.15, -0.1) is 0 Å². The summed E-state index contributed by atoms with van der Waals surface area (Å²) < 4.78 is 0. The first-order valence-electron chi connectivity index (χ1n) is 9.94. The molecule has 1 saturated carbocycles. The third kappa shape index (κ3) is 4.51. The number of hydrogen-bond donors (Lipinski definition) is 3. The summed E-state index contributed by atoms with van der Waals surface area (Å²) in [6.45, 7) is 9.10. The molecule has 0 unspecified atom stereocenters. The van der Waals surface area contributed by atoms with Crippen molar-refractivity contribution < 1.29 is 24.9 Å². The number of phenols is 2. The van der Waals surface area contributed by atoms with Gasteiger partial charge in [0.25, 0.3) is 0 Å². The summed E-state index contributed by atoms with van der Waals surface area (Å²) in [4.78, 5) is 23.6. The molecule has 160 valence electrons. The standard InChI is InChI=1S/C23H31ClO5/c1-13(7-9-17-22(3,4)18(26)10-11-23(17,5)29)6-8-15-20(27)16(12-25)14(2)19(24)21(15)28/h6,12,17,27-29H,7-11H2,1-5H3/b13-6+/t17-,23+/m0/s1. The summed E-state index contributed by atoms with van der Waals surface area (Å²) in [6.07, 6.45) is 4.80. The van der Waals surface area contributed by atoms with Gasteiger partial charge in [-0.25, -0.2) is 0 Å². The van der Waals surface area contributed by atoms with Gasteiger partial charge in [-0.2, -0.15) is 0 Å². The monoisotopic (exact) mass is 422 g/mol. The fourth-order valence-corrected chi connectivity index (χ4v) is 4.69. The Hall–Kier alpha value is -1.85. The number of allylic oxidation sites excluding steroid dienone is 2. The smallest absolute Gasteiger partial charge is 0.154 e. The van der Waals surface area contributed by atoms with Crippen molar-refractivity contribution in [1.29, 1.82) is 0 Å². The molecule has 1 fully saturated rings. The van der Waals surface area contributed by atoms with Crippen LogP contribution in [0.5, 0.6) is 11.5 Å². The molecule has 1 aliphatic rings. The molecule has 1 aliphatic carbocycles. The van der Waals surface area contributed by atoms with Crippen LogP contribution in [-0.4, -0.2) is 33.0 Å². The van der Waals surface area contributed by atoms with Crippen LogP contribution in [0.1, 0.15) is 74.9 Å². The third-order valence-electron chi connectivity index (χ3n) is 6.57. The summed E-state index contributed by atoms with van der Waals surface area (Å²) in [5.41, 5.74) is 0.152. The predicted octanol–water partition coefficient (Wildman–Crippen LogP) is 4.90. The first-order chi connectivity index (χ1) is 13.3. The fraction of sp³-hybridized carbons (Fsp3) is 0.565. The number of Topliss-reactive ketones (excluding diaryl/α,β-unsaturated/α-hetero) is 1. The lowest BCUT2D eigenvalue weighted by Crippen LogP contribution is -2.51. The number of aliphatic hydroxyl groups is 1. The molecule has 0 spiro atoms. The highest BCUT2D eigenvalue weighted by Crippen LogP contribution is 2.47.